The van der Waals surface area contributed by atoms with E-state index in [0.29, 0.717) is 5.41 Å². The van der Waals surface area contributed by atoms with Gasteiger partial charge in [-0.2, -0.15) is 0 Å². The van der Waals surface area contributed by atoms with E-state index in [-0.39, 0.29) is 11.4 Å². The third-order valence-electron chi connectivity index (χ3n) is 4.45. The molecule has 0 amide bonds. The summed E-state index contributed by atoms with van der Waals surface area (Å²) in [6, 6.07) is 0. The average Bonchev–Trinajstić information content (AvgIpc) is 2.30. The van der Waals surface area contributed by atoms with Crippen molar-refractivity contribution in [1.29, 1.82) is 0 Å². The fourth-order valence-electron chi connectivity index (χ4n) is 3.09. The molecule has 0 atom stereocenters. The highest BCUT2D eigenvalue weighted by atomic mass is 16.5. The first-order valence-electron chi connectivity index (χ1n) is 5.45. The molecule has 3 fully saturated rings. The molecule has 80 valence electrons. The third kappa shape index (κ3) is 1.26. The topological polar surface area (TPSA) is 52.3 Å². The van der Waals surface area contributed by atoms with Crippen LogP contribution in [-0.2, 0) is 9.53 Å². The van der Waals surface area contributed by atoms with Gasteiger partial charge in [-0.15, -0.1) is 0 Å². The predicted molar refractivity (Wildman–Crippen MR) is 53.6 cm³/mol. The highest BCUT2D eigenvalue weighted by Gasteiger charge is 2.52. The molecule has 2 bridgehead atoms. The molecule has 0 spiro atoms. The summed E-state index contributed by atoms with van der Waals surface area (Å²) in [5, 5.41) is 0. The van der Waals surface area contributed by atoms with Gasteiger partial charge in [0.2, 0.25) is 0 Å². The van der Waals surface area contributed by atoms with Crippen molar-refractivity contribution in [2.45, 2.75) is 38.5 Å². The van der Waals surface area contributed by atoms with Crippen molar-refractivity contribution in [3.63, 3.8) is 0 Å². The second kappa shape index (κ2) is 3.23. The van der Waals surface area contributed by atoms with Crippen molar-refractivity contribution in [1.82, 2.24) is 0 Å². The molecule has 0 aliphatic heterocycles. The lowest BCUT2D eigenvalue weighted by Gasteiger charge is -2.51. The standard InChI is InChI=1S/C11H19NO2/c1-14-9(13)11-5-2-10(8-12,3-6-11)4-7-11/h2-8,12H2,1H3/t10-,11+. The number of rotatable bonds is 2. The van der Waals surface area contributed by atoms with Crippen LogP contribution < -0.4 is 5.73 Å². The number of ether oxygens (including phenoxy) is 1. The first-order valence-corrected chi connectivity index (χ1v) is 5.45. The maximum absolute atomic E-state index is 11.7. The lowest BCUT2D eigenvalue weighted by Crippen LogP contribution is -2.49. The molecule has 0 aromatic heterocycles. The van der Waals surface area contributed by atoms with Crippen LogP contribution in [0.25, 0.3) is 0 Å². The molecule has 0 aromatic carbocycles. The average molecular weight is 197 g/mol. The summed E-state index contributed by atoms with van der Waals surface area (Å²) in [5.74, 6) is 0.00261. The van der Waals surface area contributed by atoms with Crippen molar-refractivity contribution in [2.24, 2.45) is 16.6 Å². The number of carbonyl (C=O) groups excluding carboxylic acids is 1. The van der Waals surface area contributed by atoms with Crippen molar-refractivity contribution >= 4 is 5.97 Å². The minimum absolute atomic E-state index is 0.00261. The monoisotopic (exact) mass is 197 g/mol. The first kappa shape index (κ1) is 9.97. The molecule has 2 N–H and O–H groups in total. The molecule has 3 aliphatic carbocycles. The molecule has 3 aliphatic rings. The molecule has 3 nitrogen and oxygen atoms in total. The van der Waals surface area contributed by atoms with E-state index in [1.807, 2.05) is 0 Å². The van der Waals surface area contributed by atoms with Gasteiger partial charge in [-0.3, -0.25) is 4.79 Å². The summed E-state index contributed by atoms with van der Waals surface area (Å²) in [4.78, 5) is 11.7. The second-order valence-corrected chi connectivity index (χ2v) is 4.98. The Bertz CT molecular complexity index is 225. The summed E-state index contributed by atoms with van der Waals surface area (Å²) in [6.07, 6.45) is 6.28. The van der Waals surface area contributed by atoms with Crippen LogP contribution in [0, 0.1) is 10.8 Å². The fraction of sp³-hybridized carbons (Fsp3) is 0.909. The highest BCUT2D eigenvalue weighted by Crippen LogP contribution is 2.56. The molecule has 0 aromatic rings. The van der Waals surface area contributed by atoms with Crippen molar-refractivity contribution in [2.75, 3.05) is 13.7 Å². The van der Waals surface area contributed by atoms with Crippen LogP contribution in [0.4, 0.5) is 0 Å². The molecule has 14 heavy (non-hydrogen) atoms. The largest absolute Gasteiger partial charge is 0.469 e. The van der Waals surface area contributed by atoms with Crippen LogP contribution in [0.2, 0.25) is 0 Å². The van der Waals surface area contributed by atoms with Gasteiger partial charge in [0, 0.05) is 0 Å². The molecule has 3 saturated carbocycles. The maximum atomic E-state index is 11.7. The van der Waals surface area contributed by atoms with Gasteiger partial charge in [0.15, 0.2) is 0 Å². The summed E-state index contributed by atoms with van der Waals surface area (Å²) >= 11 is 0. The van der Waals surface area contributed by atoms with Gasteiger partial charge < -0.3 is 10.5 Å². The normalized spacial score (nSPS) is 41.0. The van der Waals surface area contributed by atoms with Gasteiger partial charge in [-0.1, -0.05) is 0 Å². The number of methoxy groups -OCH3 is 1. The molecular weight excluding hydrogens is 178 g/mol. The Kier molecular flexibility index (Phi) is 2.30. The molecule has 0 heterocycles. The zero-order chi connectivity index (χ0) is 10.2. The van der Waals surface area contributed by atoms with Crippen molar-refractivity contribution in [3.05, 3.63) is 0 Å². The van der Waals surface area contributed by atoms with Gasteiger partial charge in [0.05, 0.1) is 12.5 Å². The Labute approximate surface area is 85.0 Å². The maximum Gasteiger partial charge on any atom is 0.311 e. The lowest BCUT2D eigenvalue weighted by molar-refractivity contribution is -0.162. The SMILES string of the molecule is COC(=O)[C@]12CC[C@](CN)(CC1)CC2. The van der Waals surface area contributed by atoms with Crippen LogP contribution in [0.3, 0.4) is 0 Å². The van der Waals surface area contributed by atoms with E-state index in [1.54, 1.807) is 0 Å². The van der Waals surface area contributed by atoms with E-state index in [2.05, 4.69) is 0 Å². The quantitative estimate of drug-likeness (QED) is 0.682. The number of carbonyl (C=O) groups is 1. The van der Waals surface area contributed by atoms with Gasteiger partial charge in [0.25, 0.3) is 0 Å². The van der Waals surface area contributed by atoms with Gasteiger partial charge in [0.1, 0.15) is 0 Å². The molecule has 0 radical (unpaired) electrons. The number of esters is 1. The van der Waals surface area contributed by atoms with E-state index < -0.39 is 0 Å². The second-order valence-electron chi connectivity index (χ2n) is 4.98. The smallest absolute Gasteiger partial charge is 0.311 e. The molecule has 0 unspecified atom stereocenters. The van der Waals surface area contributed by atoms with E-state index >= 15 is 0 Å². The fourth-order valence-corrected chi connectivity index (χ4v) is 3.09. The third-order valence-corrected chi connectivity index (χ3v) is 4.45. The Morgan fingerprint density at radius 3 is 2.07 bits per heavy atom. The van der Waals surface area contributed by atoms with Crippen LogP contribution in [-0.4, -0.2) is 19.6 Å². The van der Waals surface area contributed by atoms with Crippen LogP contribution >= 0.6 is 0 Å². The van der Waals surface area contributed by atoms with Crippen LogP contribution in [0.1, 0.15) is 38.5 Å². The number of hydrogen-bond donors (Lipinski definition) is 1. The zero-order valence-corrected chi connectivity index (χ0v) is 8.84. The number of nitrogens with two attached hydrogens (primary N) is 1. The lowest BCUT2D eigenvalue weighted by atomic mass is 9.54. The van der Waals surface area contributed by atoms with E-state index in [1.165, 1.54) is 7.11 Å². The molecule has 3 rings (SSSR count). The van der Waals surface area contributed by atoms with E-state index in [4.69, 9.17) is 10.5 Å². The Balaban J connectivity index is 2.12. The number of hydrogen-bond acceptors (Lipinski definition) is 3. The molecule has 0 saturated heterocycles. The highest BCUT2D eigenvalue weighted by molar-refractivity contribution is 5.77. The summed E-state index contributed by atoms with van der Waals surface area (Å²) in [7, 11) is 1.50. The zero-order valence-electron chi connectivity index (χ0n) is 8.84. The Morgan fingerprint density at radius 1 is 1.21 bits per heavy atom. The van der Waals surface area contributed by atoms with Gasteiger partial charge >= 0.3 is 5.97 Å². The first-order chi connectivity index (χ1) is 6.66. The van der Waals surface area contributed by atoms with E-state index in [0.717, 1.165) is 45.1 Å². The Hall–Kier alpha value is -0.570. The van der Waals surface area contributed by atoms with Gasteiger partial charge in [-0.25, -0.2) is 0 Å². The number of fused-ring (bicyclic) bond motifs is 3. The van der Waals surface area contributed by atoms with Gasteiger partial charge in [-0.05, 0) is 50.5 Å². The molecule has 3 heteroatoms. The van der Waals surface area contributed by atoms with Crippen molar-refractivity contribution in [3.8, 4) is 0 Å². The minimum Gasteiger partial charge on any atom is -0.469 e. The summed E-state index contributed by atoms with van der Waals surface area (Å²) in [5.41, 5.74) is 6.02. The summed E-state index contributed by atoms with van der Waals surface area (Å²) in [6.45, 7) is 0.782. The minimum atomic E-state index is -0.147. The Morgan fingerprint density at radius 2 is 1.71 bits per heavy atom. The van der Waals surface area contributed by atoms with E-state index in [9.17, 15) is 4.79 Å². The van der Waals surface area contributed by atoms with Crippen LogP contribution in [0.5, 0.6) is 0 Å². The summed E-state index contributed by atoms with van der Waals surface area (Å²) < 4.78 is 4.90. The van der Waals surface area contributed by atoms with Crippen LogP contribution in [0.15, 0.2) is 0 Å². The predicted octanol–water partition coefficient (Wildman–Crippen LogP) is 1.46. The molecular formula is C11H19NO2. The van der Waals surface area contributed by atoms with Crippen molar-refractivity contribution < 1.29 is 9.53 Å².